The number of ether oxygens (including phenoxy) is 3. The van der Waals surface area contributed by atoms with E-state index in [1.165, 1.54) is 0 Å². The molecule has 9 nitrogen and oxygen atoms in total. The Bertz CT molecular complexity index is 1220. The van der Waals surface area contributed by atoms with E-state index in [2.05, 4.69) is 15.3 Å². The summed E-state index contributed by atoms with van der Waals surface area (Å²) in [7, 11) is 0. The third-order valence-corrected chi connectivity index (χ3v) is 5.88. The number of esters is 1. The van der Waals surface area contributed by atoms with Crippen molar-refractivity contribution in [3.63, 3.8) is 0 Å². The van der Waals surface area contributed by atoms with E-state index in [-0.39, 0.29) is 23.3 Å². The lowest BCUT2D eigenvalue weighted by Gasteiger charge is -2.15. The van der Waals surface area contributed by atoms with Gasteiger partial charge in [-0.3, -0.25) is 9.59 Å². The Morgan fingerprint density at radius 1 is 1.30 bits per heavy atom. The summed E-state index contributed by atoms with van der Waals surface area (Å²) in [5.41, 5.74) is 1.02. The van der Waals surface area contributed by atoms with Crippen LogP contribution in [0.15, 0.2) is 23.0 Å². The fraction of sp³-hybridized carbons (Fsp3) is 0.300. The lowest BCUT2D eigenvalue weighted by atomic mass is 10.1. The zero-order valence-electron chi connectivity index (χ0n) is 16.5. The Balaban J connectivity index is 1.40. The van der Waals surface area contributed by atoms with Crippen molar-refractivity contribution in [2.45, 2.75) is 26.8 Å². The van der Waals surface area contributed by atoms with Crippen LogP contribution in [0.1, 0.15) is 39.6 Å². The average molecular weight is 429 g/mol. The van der Waals surface area contributed by atoms with Crippen LogP contribution in [0.25, 0.3) is 10.2 Å². The van der Waals surface area contributed by atoms with Crippen LogP contribution in [0.2, 0.25) is 0 Å². The monoisotopic (exact) mass is 429 g/mol. The predicted octanol–water partition coefficient (Wildman–Crippen LogP) is 2.36. The topological polar surface area (TPSA) is 120 Å². The molecule has 0 fully saturated rings. The standard InChI is InChI=1S/C20H19N3O6S/c1-9-16-18(25)22-11(3)23-19(16)30-17(9)20(26)27-7-15(24)21-10(2)12-4-5-13-14(6-12)29-8-28-13/h4-6,10H,7-8H2,1-3H3,(H,21,24)(H,22,23,25). The van der Waals surface area contributed by atoms with Crippen LogP contribution in [-0.4, -0.2) is 35.2 Å². The second-order valence-electron chi connectivity index (χ2n) is 6.87. The van der Waals surface area contributed by atoms with Gasteiger partial charge in [0.15, 0.2) is 18.1 Å². The number of benzene rings is 1. The number of nitrogens with one attached hydrogen (secondary N) is 2. The fourth-order valence-electron chi connectivity index (χ4n) is 3.19. The first kappa shape index (κ1) is 19.9. The van der Waals surface area contributed by atoms with E-state index < -0.39 is 18.5 Å². The maximum Gasteiger partial charge on any atom is 0.349 e. The quantitative estimate of drug-likeness (QED) is 0.598. The highest BCUT2D eigenvalue weighted by atomic mass is 32.1. The maximum absolute atomic E-state index is 12.5. The highest BCUT2D eigenvalue weighted by Gasteiger charge is 2.22. The lowest BCUT2D eigenvalue weighted by molar-refractivity contribution is -0.124. The minimum Gasteiger partial charge on any atom is -0.454 e. The maximum atomic E-state index is 12.5. The van der Waals surface area contributed by atoms with Gasteiger partial charge in [-0.25, -0.2) is 9.78 Å². The molecule has 0 spiro atoms. The number of aryl methyl sites for hydroxylation is 2. The number of hydrogen-bond acceptors (Lipinski definition) is 8. The second kappa shape index (κ2) is 7.79. The minimum absolute atomic E-state index is 0.174. The lowest BCUT2D eigenvalue weighted by Crippen LogP contribution is -2.31. The van der Waals surface area contributed by atoms with Gasteiger partial charge in [-0.1, -0.05) is 6.07 Å². The molecule has 0 saturated heterocycles. The largest absolute Gasteiger partial charge is 0.454 e. The van der Waals surface area contributed by atoms with Crippen LogP contribution >= 0.6 is 11.3 Å². The van der Waals surface area contributed by atoms with Crippen molar-refractivity contribution in [2.24, 2.45) is 0 Å². The molecule has 0 bridgehead atoms. The van der Waals surface area contributed by atoms with E-state index in [0.717, 1.165) is 16.9 Å². The molecule has 0 aliphatic carbocycles. The number of H-pyrrole nitrogens is 1. The molecular formula is C20H19N3O6S. The average Bonchev–Trinajstić information content (AvgIpc) is 3.29. The number of carbonyl (C=O) groups excluding carboxylic acids is 2. The molecule has 2 N–H and O–H groups in total. The van der Waals surface area contributed by atoms with E-state index in [1.807, 2.05) is 13.0 Å². The van der Waals surface area contributed by atoms with Crippen molar-refractivity contribution in [3.05, 3.63) is 50.4 Å². The van der Waals surface area contributed by atoms with Gasteiger partial charge < -0.3 is 24.5 Å². The van der Waals surface area contributed by atoms with Crippen LogP contribution < -0.4 is 20.3 Å². The Hall–Kier alpha value is -3.40. The summed E-state index contributed by atoms with van der Waals surface area (Å²) >= 11 is 1.07. The fourth-order valence-corrected chi connectivity index (χ4v) is 4.31. The van der Waals surface area contributed by atoms with Gasteiger partial charge in [-0.05, 0) is 44.0 Å². The Morgan fingerprint density at radius 3 is 2.87 bits per heavy atom. The smallest absolute Gasteiger partial charge is 0.349 e. The van der Waals surface area contributed by atoms with Crippen molar-refractivity contribution < 1.29 is 23.8 Å². The highest BCUT2D eigenvalue weighted by Crippen LogP contribution is 2.34. The first-order chi connectivity index (χ1) is 14.3. The number of thiophene rings is 1. The zero-order valence-corrected chi connectivity index (χ0v) is 17.3. The van der Waals surface area contributed by atoms with Gasteiger partial charge in [0.1, 0.15) is 15.5 Å². The molecule has 4 rings (SSSR count). The molecule has 156 valence electrons. The van der Waals surface area contributed by atoms with Crippen molar-refractivity contribution in [2.75, 3.05) is 13.4 Å². The molecule has 0 saturated carbocycles. The van der Waals surface area contributed by atoms with Gasteiger partial charge in [0.25, 0.3) is 11.5 Å². The third-order valence-electron chi connectivity index (χ3n) is 4.71. The summed E-state index contributed by atoms with van der Waals surface area (Å²) in [5.74, 6) is 0.635. The summed E-state index contributed by atoms with van der Waals surface area (Å²) in [6.45, 7) is 4.87. The van der Waals surface area contributed by atoms with E-state index in [1.54, 1.807) is 26.0 Å². The third kappa shape index (κ3) is 3.73. The minimum atomic E-state index is -0.668. The summed E-state index contributed by atoms with van der Waals surface area (Å²) in [6, 6.07) is 5.09. The Morgan fingerprint density at radius 2 is 2.07 bits per heavy atom. The summed E-state index contributed by atoms with van der Waals surface area (Å²) in [4.78, 5) is 44.4. The summed E-state index contributed by atoms with van der Waals surface area (Å²) in [5, 5.41) is 3.14. The normalized spacial score (nSPS) is 13.3. The Labute approximate surface area is 175 Å². The molecule has 2 aromatic heterocycles. The number of nitrogens with zero attached hydrogens (tertiary/aromatic N) is 1. The molecular weight excluding hydrogens is 410 g/mol. The summed E-state index contributed by atoms with van der Waals surface area (Å²) in [6.07, 6.45) is 0. The number of rotatable bonds is 5. The molecule has 3 heterocycles. The van der Waals surface area contributed by atoms with E-state index >= 15 is 0 Å². The van der Waals surface area contributed by atoms with Crippen LogP contribution in [0.4, 0.5) is 0 Å². The number of fused-ring (bicyclic) bond motifs is 2. The van der Waals surface area contributed by atoms with Crippen LogP contribution in [0, 0.1) is 13.8 Å². The number of amides is 1. The van der Waals surface area contributed by atoms with Gasteiger partial charge in [0.05, 0.1) is 11.4 Å². The number of aromatic nitrogens is 2. The summed E-state index contributed by atoms with van der Waals surface area (Å²) < 4.78 is 15.8. The molecule has 1 atom stereocenters. The van der Waals surface area contributed by atoms with Crippen LogP contribution in [-0.2, 0) is 9.53 Å². The van der Waals surface area contributed by atoms with Crippen LogP contribution in [0.3, 0.4) is 0 Å². The van der Waals surface area contributed by atoms with Crippen molar-refractivity contribution >= 4 is 33.4 Å². The van der Waals surface area contributed by atoms with E-state index in [4.69, 9.17) is 14.2 Å². The molecule has 0 radical (unpaired) electrons. The van der Waals surface area contributed by atoms with Gasteiger partial charge in [0, 0.05) is 0 Å². The number of hydrogen-bond donors (Lipinski definition) is 2. The van der Waals surface area contributed by atoms with Crippen molar-refractivity contribution in [1.82, 2.24) is 15.3 Å². The predicted molar refractivity (Wildman–Crippen MR) is 109 cm³/mol. The van der Waals surface area contributed by atoms with Gasteiger partial charge in [0.2, 0.25) is 6.79 Å². The number of carbonyl (C=O) groups is 2. The molecule has 1 unspecified atom stereocenters. The number of aromatic amines is 1. The molecule has 30 heavy (non-hydrogen) atoms. The molecule has 1 aromatic carbocycles. The first-order valence-electron chi connectivity index (χ1n) is 9.19. The zero-order chi connectivity index (χ0) is 21.4. The molecule has 1 aliphatic heterocycles. The van der Waals surface area contributed by atoms with E-state index in [0.29, 0.717) is 33.1 Å². The molecule has 1 amide bonds. The van der Waals surface area contributed by atoms with Gasteiger partial charge in [-0.2, -0.15) is 0 Å². The van der Waals surface area contributed by atoms with Crippen molar-refractivity contribution in [3.8, 4) is 11.5 Å². The highest BCUT2D eigenvalue weighted by molar-refractivity contribution is 7.20. The second-order valence-corrected chi connectivity index (χ2v) is 7.86. The Kier molecular flexibility index (Phi) is 5.17. The van der Waals surface area contributed by atoms with E-state index in [9.17, 15) is 14.4 Å². The first-order valence-corrected chi connectivity index (χ1v) is 10.0. The SMILES string of the molecule is Cc1nc2sc(C(=O)OCC(=O)NC(C)c3ccc4c(c3)OCO4)c(C)c2c(=O)[nH]1. The van der Waals surface area contributed by atoms with Gasteiger partial charge in [-0.15, -0.1) is 11.3 Å². The molecule has 1 aliphatic rings. The molecule has 3 aromatic rings. The molecule has 10 heteroatoms. The van der Waals surface area contributed by atoms with Gasteiger partial charge >= 0.3 is 5.97 Å². The van der Waals surface area contributed by atoms with Crippen molar-refractivity contribution in [1.29, 1.82) is 0 Å². The van der Waals surface area contributed by atoms with Crippen LogP contribution in [0.5, 0.6) is 11.5 Å².